The fourth-order valence-electron chi connectivity index (χ4n) is 1.85. The quantitative estimate of drug-likeness (QED) is 0.832. The molecule has 0 saturated carbocycles. The molecule has 0 aromatic heterocycles. The Bertz CT molecular complexity index is 656. The molecular formula is C15H13ClO3S. The van der Waals surface area contributed by atoms with Gasteiger partial charge in [-0.3, -0.25) is 0 Å². The fourth-order valence-corrected chi connectivity index (χ4v) is 2.37. The highest BCUT2D eigenvalue weighted by Gasteiger charge is 2.13. The Balaban J connectivity index is 2.25. The van der Waals surface area contributed by atoms with Crippen molar-refractivity contribution in [1.29, 1.82) is 0 Å². The van der Waals surface area contributed by atoms with Crippen molar-refractivity contribution < 1.29 is 14.6 Å². The van der Waals surface area contributed by atoms with Crippen LogP contribution in [0.1, 0.15) is 21.5 Å². The van der Waals surface area contributed by atoms with E-state index in [0.717, 1.165) is 10.5 Å². The molecule has 0 radical (unpaired) electrons. The van der Waals surface area contributed by atoms with Crippen LogP contribution in [-0.2, 0) is 6.61 Å². The Labute approximate surface area is 127 Å². The summed E-state index contributed by atoms with van der Waals surface area (Å²) in [6, 6.07) is 10.3. The molecule has 0 amide bonds. The summed E-state index contributed by atoms with van der Waals surface area (Å²) in [4.78, 5) is 11.9. The van der Waals surface area contributed by atoms with Crippen molar-refractivity contribution in [3.63, 3.8) is 0 Å². The summed E-state index contributed by atoms with van der Waals surface area (Å²) >= 11 is 10.2. The van der Waals surface area contributed by atoms with E-state index < -0.39 is 5.97 Å². The molecule has 0 spiro atoms. The fraction of sp³-hybridized carbons (Fsp3) is 0.133. The standard InChI is InChI=1S/C15H13ClO3S/c1-9-3-2-4-11(15(17)18)12(9)8-19-14-6-5-10(20)7-13(14)16/h2-7,20H,8H2,1H3,(H,17,18). The normalized spacial score (nSPS) is 10.3. The van der Waals surface area contributed by atoms with Crippen molar-refractivity contribution >= 4 is 30.2 Å². The average molecular weight is 309 g/mol. The lowest BCUT2D eigenvalue weighted by atomic mass is 10.0. The third-order valence-corrected chi connectivity index (χ3v) is 3.50. The number of carbonyl (C=O) groups is 1. The molecule has 0 unspecified atom stereocenters. The number of rotatable bonds is 4. The molecule has 1 N–H and O–H groups in total. The summed E-state index contributed by atoms with van der Waals surface area (Å²) < 4.78 is 5.62. The van der Waals surface area contributed by atoms with Crippen molar-refractivity contribution in [1.82, 2.24) is 0 Å². The van der Waals surface area contributed by atoms with Gasteiger partial charge >= 0.3 is 5.97 Å². The van der Waals surface area contributed by atoms with Crippen molar-refractivity contribution in [2.75, 3.05) is 0 Å². The van der Waals surface area contributed by atoms with Crippen LogP contribution in [0, 0.1) is 6.92 Å². The lowest BCUT2D eigenvalue weighted by Gasteiger charge is -2.12. The van der Waals surface area contributed by atoms with E-state index in [-0.39, 0.29) is 12.2 Å². The van der Waals surface area contributed by atoms with E-state index in [1.807, 2.05) is 13.0 Å². The minimum absolute atomic E-state index is 0.153. The Morgan fingerprint density at radius 2 is 2.10 bits per heavy atom. The summed E-state index contributed by atoms with van der Waals surface area (Å²) in [5.41, 5.74) is 1.75. The van der Waals surface area contributed by atoms with Gasteiger partial charge in [-0.15, -0.1) is 12.6 Å². The highest BCUT2D eigenvalue weighted by molar-refractivity contribution is 7.80. The van der Waals surface area contributed by atoms with Gasteiger partial charge in [-0.25, -0.2) is 4.79 Å². The molecule has 0 fully saturated rings. The van der Waals surface area contributed by atoms with Gasteiger partial charge < -0.3 is 9.84 Å². The molecule has 2 aromatic carbocycles. The van der Waals surface area contributed by atoms with E-state index >= 15 is 0 Å². The van der Waals surface area contributed by atoms with Crippen LogP contribution < -0.4 is 4.74 Å². The van der Waals surface area contributed by atoms with Crippen LogP contribution in [0.5, 0.6) is 5.75 Å². The first kappa shape index (κ1) is 14.8. The zero-order valence-corrected chi connectivity index (χ0v) is 12.4. The molecule has 20 heavy (non-hydrogen) atoms. The van der Waals surface area contributed by atoms with E-state index in [1.54, 1.807) is 30.3 Å². The molecule has 2 aromatic rings. The monoisotopic (exact) mass is 308 g/mol. The summed E-state index contributed by atoms with van der Waals surface area (Å²) in [6.45, 7) is 2.00. The van der Waals surface area contributed by atoms with E-state index in [0.29, 0.717) is 16.3 Å². The Kier molecular flexibility index (Phi) is 4.57. The van der Waals surface area contributed by atoms with Crippen LogP contribution in [-0.4, -0.2) is 11.1 Å². The minimum Gasteiger partial charge on any atom is -0.487 e. The van der Waals surface area contributed by atoms with Gasteiger partial charge in [-0.2, -0.15) is 0 Å². The highest BCUT2D eigenvalue weighted by Crippen LogP contribution is 2.28. The van der Waals surface area contributed by atoms with Gasteiger partial charge in [0.2, 0.25) is 0 Å². The predicted molar refractivity (Wildman–Crippen MR) is 81.2 cm³/mol. The maximum atomic E-state index is 11.2. The van der Waals surface area contributed by atoms with E-state index in [1.165, 1.54) is 0 Å². The molecule has 2 rings (SSSR count). The van der Waals surface area contributed by atoms with Gasteiger partial charge in [0.05, 0.1) is 10.6 Å². The van der Waals surface area contributed by atoms with Gasteiger partial charge in [-0.05, 0) is 36.8 Å². The second kappa shape index (κ2) is 6.20. The number of benzene rings is 2. The Morgan fingerprint density at radius 1 is 1.35 bits per heavy atom. The van der Waals surface area contributed by atoms with Gasteiger partial charge in [0.15, 0.2) is 0 Å². The topological polar surface area (TPSA) is 46.5 Å². The maximum Gasteiger partial charge on any atom is 0.336 e. The van der Waals surface area contributed by atoms with Gasteiger partial charge in [-0.1, -0.05) is 23.7 Å². The maximum absolute atomic E-state index is 11.2. The minimum atomic E-state index is -0.968. The van der Waals surface area contributed by atoms with E-state index in [2.05, 4.69) is 12.6 Å². The summed E-state index contributed by atoms with van der Waals surface area (Å²) in [6.07, 6.45) is 0. The SMILES string of the molecule is Cc1cccc(C(=O)O)c1COc1ccc(S)cc1Cl. The predicted octanol–water partition coefficient (Wildman–Crippen LogP) is 4.21. The largest absolute Gasteiger partial charge is 0.487 e. The molecule has 0 aliphatic carbocycles. The third-order valence-electron chi connectivity index (χ3n) is 2.93. The smallest absolute Gasteiger partial charge is 0.336 e. The average Bonchev–Trinajstić information content (AvgIpc) is 2.38. The van der Waals surface area contributed by atoms with E-state index in [9.17, 15) is 9.90 Å². The van der Waals surface area contributed by atoms with Crippen LogP contribution in [0.25, 0.3) is 0 Å². The number of carboxylic acids is 1. The third kappa shape index (κ3) is 3.26. The summed E-state index contributed by atoms with van der Waals surface area (Å²) in [7, 11) is 0. The van der Waals surface area contributed by atoms with Crippen molar-refractivity contribution in [2.24, 2.45) is 0 Å². The van der Waals surface area contributed by atoms with Crippen molar-refractivity contribution in [2.45, 2.75) is 18.4 Å². The van der Waals surface area contributed by atoms with Crippen molar-refractivity contribution in [3.8, 4) is 5.75 Å². The van der Waals surface area contributed by atoms with Crippen LogP contribution in [0.15, 0.2) is 41.3 Å². The lowest BCUT2D eigenvalue weighted by molar-refractivity contribution is 0.0693. The molecule has 3 nitrogen and oxygen atoms in total. The number of aromatic carboxylic acids is 1. The molecule has 0 atom stereocenters. The van der Waals surface area contributed by atoms with Gasteiger partial charge in [0.1, 0.15) is 12.4 Å². The lowest BCUT2D eigenvalue weighted by Crippen LogP contribution is -2.07. The first-order chi connectivity index (χ1) is 9.49. The number of thiol groups is 1. The van der Waals surface area contributed by atoms with Gasteiger partial charge in [0, 0.05) is 10.5 Å². The number of hydrogen-bond donors (Lipinski definition) is 2. The van der Waals surface area contributed by atoms with Gasteiger partial charge in [0.25, 0.3) is 0 Å². The van der Waals surface area contributed by atoms with E-state index in [4.69, 9.17) is 16.3 Å². The Hall–Kier alpha value is -1.65. The second-order valence-electron chi connectivity index (χ2n) is 4.31. The zero-order valence-electron chi connectivity index (χ0n) is 10.8. The molecule has 0 heterocycles. The molecule has 0 aliphatic heterocycles. The first-order valence-electron chi connectivity index (χ1n) is 5.92. The number of carboxylic acid groups (broad SMARTS) is 1. The molecule has 5 heteroatoms. The molecule has 0 bridgehead atoms. The van der Waals surface area contributed by atoms with Crippen LogP contribution in [0.2, 0.25) is 5.02 Å². The number of hydrogen-bond acceptors (Lipinski definition) is 3. The first-order valence-corrected chi connectivity index (χ1v) is 6.74. The molecule has 104 valence electrons. The highest BCUT2D eigenvalue weighted by atomic mass is 35.5. The number of halogens is 1. The number of aryl methyl sites for hydroxylation is 1. The summed E-state index contributed by atoms with van der Waals surface area (Å²) in [5.74, 6) is -0.465. The van der Waals surface area contributed by atoms with Crippen LogP contribution >= 0.6 is 24.2 Å². The summed E-state index contributed by atoms with van der Waals surface area (Å²) in [5, 5.41) is 9.63. The van der Waals surface area contributed by atoms with Crippen LogP contribution in [0.3, 0.4) is 0 Å². The molecule has 0 aliphatic rings. The Morgan fingerprint density at radius 3 is 2.75 bits per heavy atom. The molecule has 0 saturated heterocycles. The number of ether oxygens (including phenoxy) is 1. The van der Waals surface area contributed by atoms with Crippen LogP contribution in [0.4, 0.5) is 0 Å². The molecular weight excluding hydrogens is 296 g/mol. The van der Waals surface area contributed by atoms with Crippen molar-refractivity contribution in [3.05, 3.63) is 58.1 Å². The second-order valence-corrected chi connectivity index (χ2v) is 5.23. The zero-order chi connectivity index (χ0) is 14.7.